The summed E-state index contributed by atoms with van der Waals surface area (Å²) in [7, 11) is 0. The van der Waals surface area contributed by atoms with Crippen LogP contribution in [0.1, 0.15) is 0 Å². The van der Waals surface area contributed by atoms with E-state index in [1.807, 2.05) is 6.07 Å². The fraction of sp³-hybridized carbons (Fsp3) is 0. The highest BCUT2D eigenvalue weighted by Crippen LogP contribution is 1.93. The van der Waals surface area contributed by atoms with Crippen LogP contribution in [0.2, 0.25) is 0 Å². The number of halogens is 1. The van der Waals surface area contributed by atoms with Crippen LogP contribution in [0.15, 0.2) is 22.8 Å². The van der Waals surface area contributed by atoms with Crippen molar-refractivity contribution >= 4 is 15.9 Å². The Bertz CT molecular complexity index is 152. The molecule has 0 aromatic carbocycles. The molecule has 0 aliphatic heterocycles. The van der Waals surface area contributed by atoms with E-state index < -0.39 is 0 Å². The summed E-state index contributed by atoms with van der Waals surface area (Å²) in [5.74, 6) is 0. The van der Waals surface area contributed by atoms with E-state index in [-0.39, 0.29) is 0 Å². The molecule has 0 unspecified atom stereocenters. The van der Waals surface area contributed by atoms with Gasteiger partial charge in [-0.3, -0.25) is 0 Å². The molecule has 0 heterocycles. The topological polar surface area (TPSA) is 49.8 Å². The first kappa shape index (κ1) is 7.25. The average Bonchev–Trinajstić information content (AvgIpc) is 1.83. The standard InChI is InChI=1S/C5H5BrN2/c6-2-1-5(3-7)4-8/h1-3H,7H2/b2-1+,5-3+. The summed E-state index contributed by atoms with van der Waals surface area (Å²) in [6.45, 7) is 0. The maximum absolute atomic E-state index is 8.19. The third kappa shape index (κ3) is 2.43. The highest BCUT2D eigenvalue weighted by molar-refractivity contribution is 9.11. The van der Waals surface area contributed by atoms with Crippen molar-refractivity contribution in [3.63, 3.8) is 0 Å². The van der Waals surface area contributed by atoms with E-state index in [9.17, 15) is 0 Å². The fourth-order valence-corrected chi connectivity index (χ4v) is 0.483. The van der Waals surface area contributed by atoms with Gasteiger partial charge in [0.2, 0.25) is 0 Å². The molecule has 0 fully saturated rings. The Kier molecular flexibility index (Phi) is 4.00. The van der Waals surface area contributed by atoms with Gasteiger partial charge in [0.1, 0.15) is 6.07 Å². The highest BCUT2D eigenvalue weighted by Gasteiger charge is 1.80. The van der Waals surface area contributed by atoms with Gasteiger partial charge in [-0.25, -0.2) is 0 Å². The molecule has 0 radical (unpaired) electrons. The SMILES string of the molecule is N#CC(/C=C/Br)=C/N. The first-order chi connectivity index (χ1) is 3.85. The molecule has 0 aliphatic rings. The van der Waals surface area contributed by atoms with E-state index in [0.29, 0.717) is 5.57 Å². The summed E-state index contributed by atoms with van der Waals surface area (Å²) < 4.78 is 0. The largest absolute Gasteiger partial charge is 0.404 e. The molecule has 2 N–H and O–H groups in total. The van der Waals surface area contributed by atoms with Gasteiger partial charge in [-0.15, -0.1) is 0 Å². The zero-order valence-electron chi connectivity index (χ0n) is 4.13. The molecule has 0 amide bonds. The summed E-state index contributed by atoms with van der Waals surface area (Å²) >= 11 is 3.00. The fourth-order valence-electron chi connectivity index (χ4n) is 0.198. The van der Waals surface area contributed by atoms with Crippen LogP contribution >= 0.6 is 15.9 Å². The zero-order valence-corrected chi connectivity index (χ0v) is 5.72. The minimum Gasteiger partial charge on any atom is -0.404 e. The minimum absolute atomic E-state index is 0.446. The Morgan fingerprint density at radius 3 is 2.50 bits per heavy atom. The number of nitrogens with two attached hydrogens (primary N) is 1. The molecule has 0 aromatic heterocycles. The monoisotopic (exact) mass is 172 g/mol. The van der Waals surface area contributed by atoms with E-state index in [1.54, 1.807) is 11.1 Å². The van der Waals surface area contributed by atoms with Gasteiger partial charge in [-0.2, -0.15) is 5.26 Å². The van der Waals surface area contributed by atoms with Crippen LogP contribution in [0, 0.1) is 11.3 Å². The molecule has 0 aliphatic carbocycles. The Balaban J connectivity index is 3.98. The predicted octanol–water partition coefficient (Wildman–Crippen LogP) is 1.26. The first-order valence-electron chi connectivity index (χ1n) is 1.94. The average molecular weight is 173 g/mol. The van der Waals surface area contributed by atoms with Crippen LogP contribution in [0.3, 0.4) is 0 Å². The molecular weight excluding hydrogens is 168 g/mol. The van der Waals surface area contributed by atoms with Crippen LogP contribution in [0.5, 0.6) is 0 Å². The maximum atomic E-state index is 8.19. The summed E-state index contributed by atoms with van der Waals surface area (Å²) in [4.78, 5) is 1.58. The van der Waals surface area contributed by atoms with Crippen LogP contribution in [0.4, 0.5) is 0 Å². The van der Waals surface area contributed by atoms with Crippen molar-refractivity contribution in [3.05, 3.63) is 22.8 Å². The van der Waals surface area contributed by atoms with Crippen LogP contribution < -0.4 is 5.73 Å². The third-order valence-electron chi connectivity index (χ3n) is 0.551. The number of nitrogens with zero attached hydrogens (tertiary/aromatic N) is 1. The summed E-state index contributed by atoms with van der Waals surface area (Å²) in [6.07, 6.45) is 2.82. The lowest BCUT2D eigenvalue weighted by Gasteiger charge is -1.77. The van der Waals surface area contributed by atoms with Crippen molar-refractivity contribution in [2.24, 2.45) is 5.73 Å². The molecular formula is C5H5BrN2. The van der Waals surface area contributed by atoms with Gasteiger partial charge in [0.15, 0.2) is 0 Å². The molecule has 0 bridgehead atoms. The molecule has 0 saturated heterocycles. The van der Waals surface area contributed by atoms with Gasteiger partial charge >= 0.3 is 0 Å². The predicted molar refractivity (Wildman–Crippen MR) is 36.0 cm³/mol. The molecule has 2 nitrogen and oxygen atoms in total. The van der Waals surface area contributed by atoms with Crippen LogP contribution in [-0.2, 0) is 0 Å². The smallest absolute Gasteiger partial charge is 0.101 e. The Labute approximate surface area is 56.4 Å². The lowest BCUT2D eigenvalue weighted by molar-refractivity contribution is 1.46. The number of rotatable bonds is 1. The Hall–Kier alpha value is -0.750. The second-order valence-corrected chi connectivity index (χ2v) is 1.56. The van der Waals surface area contributed by atoms with Gasteiger partial charge in [-0.1, -0.05) is 15.9 Å². The van der Waals surface area contributed by atoms with Crippen LogP contribution in [0.25, 0.3) is 0 Å². The number of allylic oxidation sites excluding steroid dienone is 2. The zero-order chi connectivity index (χ0) is 6.41. The first-order valence-corrected chi connectivity index (χ1v) is 2.85. The molecule has 0 saturated carbocycles. The maximum Gasteiger partial charge on any atom is 0.101 e. The minimum atomic E-state index is 0.446. The van der Waals surface area contributed by atoms with Crippen molar-refractivity contribution in [3.8, 4) is 6.07 Å². The van der Waals surface area contributed by atoms with E-state index in [2.05, 4.69) is 15.9 Å². The number of nitriles is 1. The van der Waals surface area contributed by atoms with Crippen molar-refractivity contribution < 1.29 is 0 Å². The van der Waals surface area contributed by atoms with Gasteiger partial charge < -0.3 is 5.73 Å². The van der Waals surface area contributed by atoms with Crippen LogP contribution in [-0.4, -0.2) is 0 Å². The summed E-state index contributed by atoms with van der Waals surface area (Å²) in [6, 6.07) is 1.87. The lowest BCUT2D eigenvalue weighted by atomic mass is 10.3. The molecule has 0 atom stereocenters. The number of hydrogen-bond donors (Lipinski definition) is 1. The van der Waals surface area contributed by atoms with Gasteiger partial charge in [0, 0.05) is 6.20 Å². The molecule has 8 heavy (non-hydrogen) atoms. The van der Waals surface area contributed by atoms with Gasteiger partial charge in [-0.05, 0) is 11.1 Å². The molecule has 0 aromatic rings. The Morgan fingerprint density at radius 1 is 1.75 bits per heavy atom. The molecule has 42 valence electrons. The van der Waals surface area contributed by atoms with Crippen molar-refractivity contribution in [1.29, 1.82) is 5.26 Å². The second kappa shape index (κ2) is 4.41. The Morgan fingerprint density at radius 2 is 2.38 bits per heavy atom. The summed E-state index contributed by atoms with van der Waals surface area (Å²) in [5, 5.41) is 8.19. The van der Waals surface area contributed by atoms with Gasteiger partial charge in [0.25, 0.3) is 0 Å². The van der Waals surface area contributed by atoms with Crippen molar-refractivity contribution in [2.45, 2.75) is 0 Å². The van der Waals surface area contributed by atoms with E-state index in [1.165, 1.54) is 6.20 Å². The normalized spacial score (nSPS) is 11.8. The van der Waals surface area contributed by atoms with Crippen molar-refractivity contribution in [2.75, 3.05) is 0 Å². The van der Waals surface area contributed by atoms with Crippen molar-refractivity contribution in [1.82, 2.24) is 0 Å². The highest BCUT2D eigenvalue weighted by atomic mass is 79.9. The van der Waals surface area contributed by atoms with Gasteiger partial charge in [0.05, 0.1) is 5.57 Å². The van der Waals surface area contributed by atoms with E-state index >= 15 is 0 Å². The summed E-state index contributed by atoms with van der Waals surface area (Å²) in [5.41, 5.74) is 5.46. The second-order valence-electron chi connectivity index (χ2n) is 1.03. The number of hydrogen-bond acceptors (Lipinski definition) is 2. The van der Waals surface area contributed by atoms with E-state index in [0.717, 1.165) is 0 Å². The molecule has 0 rings (SSSR count). The molecule has 3 heteroatoms. The lowest BCUT2D eigenvalue weighted by Crippen LogP contribution is -1.80. The molecule has 0 spiro atoms. The van der Waals surface area contributed by atoms with E-state index in [4.69, 9.17) is 11.0 Å². The quantitative estimate of drug-likeness (QED) is 0.479. The third-order valence-corrected chi connectivity index (χ3v) is 0.816.